The average molecular weight is 345 g/mol. The number of rotatable bonds is 3. The maximum Gasteiger partial charge on any atom is 0.255 e. The maximum atomic E-state index is 12.4. The molecule has 0 bridgehead atoms. The number of amides is 2. The van der Waals surface area contributed by atoms with E-state index in [0.717, 1.165) is 17.7 Å². The Morgan fingerprint density at radius 1 is 1.21 bits per heavy atom. The highest BCUT2D eigenvalue weighted by Crippen LogP contribution is 2.30. The van der Waals surface area contributed by atoms with Crippen LogP contribution in [0.2, 0.25) is 5.02 Å². The Balaban J connectivity index is 1.79. The summed E-state index contributed by atoms with van der Waals surface area (Å²) in [6.45, 7) is 2.20. The van der Waals surface area contributed by atoms with Gasteiger partial charge in [-0.3, -0.25) is 9.59 Å². The first-order valence-electron chi connectivity index (χ1n) is 7.55. The summed E-state index contributed by atoms with van der Waals surface area (Å²) in [5.41, 5.74) is 3.03. The Labute approximate surface area is 145 Å². The highest BCUT2D eigenvalue weighted by molar-refractivity contribution is 6.32. The smallest absolute Gasteiger partial charge is 0.255 e. The van der Waals surface area contributed by atoms with Crippen LogP contribution in [0.4, 0.5) is 11.4 Å². The highest BCUT2D eigenvalue weighted by atomic mass is 35.5. The van der Waals surface area contributed by atoms with Crippen molar-refractivity contribution in [3.8, 4) is 5.75 Å². The molecule has 1 aliphatic heterocycles. The molecule has 3 rings (SSSR count). The molecular weight excluding hydrogens is 328 g/mol. The molecule has 1 heterocycles. The van der Waals surface area contributed by atoms with Crippen LogP contribution < -0.4 is 15.0 Å². The van der Waals surface area contributed by atoms with Crippen molar-refractivity contribution in [1.29, 1.82) is 0 Å². The number of ether oxygens (including phenoxy) is 1. The summed E-state index contributed by atoms with van der Waals surface area (Å²) < 4.78 is 5.09. The summed E-state index contributed by atoms with van der Waals surface area (Å²) in [5.74, 6) is 0.343. The second-order valence-corrected chi connectivity index (χ2v) is 5.97. The molecule has 0 aromatic heterocycles. The van der Waals surface area contributed by atoms with Crippen LogP contribution in [0.15, 0.2) is 36.4 Å². The number of nitrogens with zero attached hydrogens (tertiary/aromatic N) is 1. The molecular formula is C18H17ClN2O3. The van der Waals surface area contributed by atoms with Gasteiger partial charge in [-0.05, 0) is 48.4 Å². The average Bonchev–Trinajstić information content (AvgIpc) is 2.98. The Morgan fingerprint density at radius 3 is 2.67 bits per heavy atom. The van der Waals surface area contributed by atoms with E-state index in [4.69, 9.17) is 16.3 Å². The van der Waals surface area contributed by atoms with Crippen LogP contribution in [0.1, 0.15) is 22.8 Å². The molecule has 0 spiro atoms. The van der Waals surface area contributed by atoms with Crippen LogP contribution in [0.5, 0.6) is 5.75 Å². The third kappa shape index (κ3) is 3.08. The van der Waals surface area contributed by atoms with Gasteiger partial charge >= 0.3 is 0 Å². The maximum absolute atomic E-state index is 12.4. The fourth-order valence-corrected chi connectivity index (χ4v) is 3.08. The van der Waals surface area contributed by atoms with Crippen molar-refractivity contribution in [3.63, 3.8) is 0 Å². The van der Waals surface area contributed by atoms with Gasteiger partial charge in [-0.25, -0.2) is 0 Å². The molecule has 2 amide bonds. The van der Waals surface area contributed by atoms with Crippen molar-refractivity contribution in [2.24, 2.45) is 0 Å². The minimum absolute atomic E-state index is 0.0128. The number of hydrogen-bond donors (Lipinski definition) is 1. The Morgan fingerprint density at radius 2 is 2.00 bits per heavy atom. The molecule has 0 fully saturated rings. The molecule has 0 atom stereocenters. The predicted molar refractivity (Wildman–Crippen MR) is 94.1 cm³/mol. The summed E-state index contributed by atoms with van der Waals surface area (Å²) >= 11 is 6.07. The summed E-state index contributed by atoms with van der Waals surface area (Å²) in [5, 5.41) is 3.25. The third-order valence-corrected chi connectivity index (χ3v) is 4.32. The lowest BCUT2D eigenvalue weighted by molar-refractivity contribution is -0.116. The predicted octanol–water partition coefficient (Wildman–Crippen LogP) is 3.51. The molecule has 2 aromatic carbocycles. The van der Waals surface area contributed by atoms with E-state index in [1.807, 2.05) is 12.1 Å². The summed E-state index contributed by atoms with van der Waals surface area (Å²) in [6.07, 6.45) is 0.754. The van der Waals surface area contributed by atoms with Gasteiger partial charge in [-0.2, -0.15) is 0 Å². The first kappa shape index (κ1) is 16.3. The fraction of sp³-hybridized carbons (Fsp3) is 0.222. The van der Waals surface area contributed by atoms with Crippen molar-refractivity contribution in [2.45, 2.75) is 13.3 Å². The number of methoxy groups -OCH3 is 1. The molecule has 0 unspecified atom stereocenters. The van der Waals surface area contributed by atoms with Gasteiger partial charge in [0.2, 0.25) is 5.91 Å². The van der Waals surface area contributed by atoms with Gasteiger partial charge in [0.1, 0.15) is 5.75 Å². The first-order valence-corrected chi connectivity index (χ1v) is 7.93. The zero-order valence-electron chi connectivity index (χ0n) is 13.4. The minimum atomic E-state index is -0.222. The van der Waals surface area contributed by atoms with Crippen LogP contribution in [0.25, 0.3) is 0 Å². The van der Waals surface area contributed by atoms with Gasteiger partial charge in [-0.1, -0.05) is 11.6 Å². The van der Waals surface area contributed by atoms with Gasteiger partial charge in [0.15, 0.2) is 0 Å². The van der Waals surface area contributed by atoms with E-state index < -0.39 is 0 Å². The molecule has 6 heteroatoms. The molecule has 0 saturated heterocycles. The lowest BCUT2D eigenvalue weighted by Gasteiger charge is -2.15. The van der Waals surface area contributed by atoms with E-state index in [0.29, 0.717) is 28.6 Å². The molecule has 0 saturated carbocycles. The molecule has 24 heavy (non-hydrogen) atoms. The number of fused-ring (bicyclic) bond motifs is 1. The number of anilines is 2. The second-order valence-electron chi connectivity index (χ2n) is 5.57. The van der Waals surface area contributed by atoms with Crippen molar-refractivity contribution < 1.29 is 14.3 Å². The Kier molecular flexibility index (Phi) is 4.44. The van der Waals surface area contributed by atoms with Crippen molar-refractivity contribution in [3.05, 3.63) is 52.5 Å². The Bertz CT molecular complexity index is 820. The van der Waals surface area contributed by atoms with Crippen LogP contribution in [0, 0.1) is 0 Å². The quantitative estimate of drug-likeness (QED) is 0.927. The number of halogens is 1. The van der Waals surface area contributed by atoms with Gasteiger partial charge in [0.05, 0.1) is 12.1 Å². The summed E-state index contributed by atoms with van der Waals surface area (Å²) in [6, 6.07) is 10.4. The number of carbonyl (C=O) groups excluding carboxylic acids is 2. The normalized spacial score (nSPS) is 12.7. The van der Waals surface area contributed by atoms with Crippen LogP contribution in [-0.2, 0) is 11.2 Å². The Hall–Kier alpha value is -2.53. The first-order chi connectivity index (χ1) is 11.5. The summed E-state index contributed by atoms with van der Waals surface area (Å²) in [7, 11) is 1.54. The highest BCUT2D eigenvalue weighted by Gasteiger charge is 2.23. The lowest BCUT2D eigenvalue weighted by atomic mass is 10.1. The van der Waals surface area contributed by atoms with Crippen LogP contribution >= 0.6 is 11.6 Å². The van der Waals surface area contributed by atoms with E-state index in [1.54, 1.807) is 36.1 Å². The van der Waals surface area contributed by atoms with Crippen LogP contribution in [0.3, 0.4) is 0 Å². The standard InChI is InChI=1S/C18H17ClN2O3/c1-11(22)21-8-7-12-9-13(3-5-16(12)21)18(23)20-14-4-6-17(24-2)15(19)10-14/h3-6,9-10H,7-8H2,1-2H3,(H,20,23). The monoisotopic (exact) mass is 344 g/mol. The fourth-order valence-electron chi connectivity index (χ4n) is 2.82. The van der Waals surface area contributed by atoms with E-state index in [1.165, 1.54) is 7.11 Å². The summed E-state index contributed by atoms with van der Waals surface area (Å²) in [4.78, 5) is 25.7. The van der Waals surface area contributed by atoms with Crippen molar-refractivity contribution in [1.82, 2.24) is 0 Å². The van der Waals surface area contributed by atoms with E-state index in [9.17, 15) is 9.59 Å². The van der Waals surface area contributed by atoms with Crippen molar-refractivity contribution >= 4 is 34.8 Å². The van der Waals surface area contributed by atoms with Gasteiger partial charge < -0.3 is 15.0 Å². The zero-order valence-corrected chi connectivity index (χ0v) is 14.2. The third-order valence-electron chi connectivity index (χ3n) is 4.03. The SMILES string of the molecule is COc1ccc(NC(=O)c2ccc3c(c2)CCN3C(C)=O)cc1Cl. The number of benzene rings is 2. The van der Waals surface area contributed by atoms with Gasteiger partial charge in [0.25, 0.3) is 5.91 Å². The number of hydrogen-bond acceptors (Lipinski definition) is 3. The van der Waals surface area contributed by atoms with E-state index in [-0.39, 0.29) is 11.8 Å². The molecule has 124 valence electrons. The molecule has 5 nitrogen and oxygen atoms in total. The number of carbonyl (C=O) groups is 2. The van der Waals surface area contributed by atoms with Crippen LogP contribution in [-0.4, -0.2) is 25.5 Å². The van der Waals surface area contributed by atoms with E-state index in [2.05, 4.69) is 5.32 Å². The minimum Gasteiger partial charge on any atom is -0.495 e. The largest absolute Gasteiger partial charge is 0.495 e. The molecule has 1 aliphatic rings. The molecule has 0 radical (unpaired) electrons. The topological polar surface area (TPSA) is 58.6 Å². The van der Waals surface area contributed by atoms with Gasteiger partial charge in [-0.15, -0.1) is 0 Å². The molecule has 1 N–H and O–H groups in total. The van der Waals surface area contributed by atoms with Crippen molar-refractivity contribution in [2.75, 3.05) is 23.9 Å². The van der Waals surface area contributed by atoms with Gasteiger partial charge in [0, 0.05) is 30.4 Å². The second kappa shape index (κ2) is 6.53. The molecule has 0 aliphatic carbocycles. The molecule has 2 aromatic rings. The zero-order chi connectivity index (χ0) is 17.3. The van der Waals surface area contributed by atoms with E-state index >= 15 is 0 Å². The number of nitrogens with one attached hydrogen (secondary N) is 1. The lowest BCUT2D eigenvalue weighted by Crippen LogP contribution is -2.25.